The van der Waals surface area contributed by atoms with Crippen molar-refractivity contribution in [3.8, 4) is 0 Å². The number of thioether (sulfide) groups is 1. The summed E-state index contributed by atoms with van der Waals surface area (Å²) in [4.78, 5) is 0. The first-order valence-electron chi connectivity index (χ1n) is 5.43. The minimum Gasteiger partial charge on any atom is -0.374 e. The van der Waals surface area contributed by atoms with Gasteiger partial charge in [-0.15, -0.1) is 0 Å². The van der Waals surface area contributed by atoms with E-state index in [0.29, 0.717) is 17.1 Å². The van der Waals surface area contributed by atoms with E-state index in [1.165, 1.54) is 11.8 Å². The molecule has 0 aliphatic heterocycles. The van der Waals surface area contributed by atoms with Crippen LogP contribution in [0.1, 0.15) is 40.0 Å². The highest BCUT2D eigenvalue weighted by Crippen LogP contribution is 2.41. The van der Waals surface area contributed by atoms with Crippen molar-refractivity contribution in [2.45, 2.75) is 45.3 Å². The molecule has 0 spiro atoms. The Bertz CT molecular complexity index is 264. The van der Waals surface area contributed by atoms with Crippen LogP contribution >= 0.6 is 18.4 Å². The zero-order valence-corrected chi connectivity index (χ0v) is 12.7. The van der Waals surface area contributed by atoms with Gasteiger partial charge < -0.3 is 9.05 Å². The minimum absolute atomic E-state index is 0.316. The SMILES string of the molecule is CCCCOP(N)(=S)OC(=[NH2+])SC(C)CC. The lowest BCUT2D eigenvalue weighted by Gasteiger charge is -2.16. The maximum atomic E-state index is 5.74. The summed E-state index contributed by atoms with van der Waals surface area (Å²) >= 11 is 6.49. The van der Waals surface area contributed by atoms with E-state index in [-0.39, 0.29) is 0 Å². The van der Waals surface area contributed by atoms with Gasteiger partial charge in [-0.3, -0.25) is 0 Å². The second-order valence-electron chi connectivity index (χ2n) is 3.47. The van der Waals surface area contributed by atoms with Gasteiger partial charge in [-0.25, -0.2) is 10.9 Å². The molecule has 0 amide bonds. The lowest BCUT2D eigenvalue weighted by Crippen LogP contribution is -2.40. The second kappa shape index (κ2) is 8.48. The summed E-state index contributed by atoms with van der Waals surface area (Å²) in [5.74, 6) is 0. The molecule has 7 heteroatoms. The van der Waals surface area contributed by atoms with Crippen LogP contribution in [-0.4, -0.2) is 17.1 Å². The molecule has 2 atom stereocenters. The van der Waals surface area contributed by atoms with E-state index in [1.807, 2.05) is 0 Å². The molecule has 16 heavy (non-hydrogen) atoms. The molecule has 2 unspecified atom stereocenters. The topological polar surface area (TPSA) is 70.1 Å². The van der Waals surface area contributed by atoms with Crippen molar-refractivity contribution in [1.29, 1.82) is 0 Å². The quantitative estimate of drug-likeness (QED) is 0.322. The first kappa shape index (κ1) is 16.4. The third-order valence-electron chi connectivity index (χ3n) is 1.88. The molecule has 0 heterocycles. The Labute approximate surface area is 107 Å². The van der Waals surface area contributed by atoms with E-state index in [0.717, 1.165) is 19.3 Å². The van der Waals surface area contributed by atoms with E-state index in [9.17, 15) is 0 Å². The maximum absolute atomic E-state index is 5.74. The number of nitrogens with two attached hydrogens (primary N) is 2. The van der Waals surface area contributed by atoms with E-state index < -0.39 is 6.64 Å². The molecule has 0 radical (unpaired) electrons. The zero-order chi connectivity index (χ0) is 12.6. The van der Waals surface area contributed by atoms with E-state index in [4.69, 9.17) is 31.8 Å². The summed E-state index contributed by atoms with van der Waals surface area (Å²) in [5, 5.41) is 6.41. The van der Waals surface area contributed by atoms with Crippen LogP contribution in [0.4, 0.5) is 0 Å². The summed E-state index contributed by atoms with van der Waals surface area (Å²) in [6, 6.07) is 0. The molecule has 0 saturated carbocycles. The molecule has 0 fully saturated rings. The molecule has 0 rings (SSSR count). The van der Waals surface area contributed by atoms with Gasteiger partial charge in [0.25, 0.3) is 0 Å². The first-order chi connectivity index (χ1) is 7.41. The predicted octanol–water partition coefficient (Wildman–Crippen LogP) is 1.65. The van der Waals surface area contributed by atoms with Crippen molar-refractivity contribution in [1.82, 2.24) is 0 Å². The average molecular weight is 285 g/mol. The molecule has 0 aliphatic carbocycles. The zero-order valence-electron chi connectivity index (χ0n) is 10.1. The Morgan fingerprint density at radius 3 is 2.69 bits per heavy atom. The van der Waals surface area contributed by atoms with Gasteiger partial charge in [0.15, 0.2) is 0 Å². The van der Waals surface area contributed by atoms with Crippen LogP contribution in [0.25, 0.3) is 0 Å². The molecule has 0 aromatic carbocycles. The van der Waals surface area contributed by atoms with Gasteiger partial charge in [0, 0.05) is 5.25 Å². The molecular formula is C9H22N2O2PS2+. The molecule has 0 aromatic heterocycles. The second-order valence-corrected chi connectivity index (χ2v) is 7.96. The Morgan fingerprint density at radius 1 is 1.56 bits per heavy atom. The maximum Gasteiger partial charge on any atom is 0.403 e. The highest BCUT2D eigenvalue weighted by atomic mass is 32.5. The molecule has 0 aliphatic rings. The number of unbranched alkanes of at least 4 members (excludes halogenated alkanes) is 1. The summed E-state index contributed by atoms with van der Waals surface area (Å²) in [6.07, 6.45) is 2.98. The van der Waals surface area contributed by atoms with Gasteiger partial charge in [0.1, 0.15) is 0 Å². The summed E-state index contributed by atoms with van der Waals surface area (Å²) in [7, 11) is 0. The Morgan fingerprint density at radius 2 is 2.19 bits per heavy atom. The molecule has 0 saturated heterocycles. The van der Waals surface area contributed by atoms with Gasteiger partial charge >= 0.3 is 11.9 Å². The van der Waals surface area contributed by atoms with Crippen LogP contribution < -0.4 is 10.9 Å². The van der Waals surface area contributed by atoms with Crippen molar-refractivity contribution in [3.63, 3.8) is 0 Å². The fourth-order valence-corrected chi connectivity index (χ4v) is 3.15. The van der Waals surface area contributed by atoms with Crippen LogP contribution in [0.3, 0.4) is 0 Å². The van der Waals surface area contributed by atoms with Crippen molar-refractivity contribution in [2.24, 2.45) is 5.50 Å². The van der Waals surface area contributed by atoms with Crippen LogP contribution in [0, 0.1) is 0 Å². The first-order valence-corrected chi connectivity index (χ1v) is 9.01. The summed E-state index contributed by atoms with van der Waals surface area (Å²) < 4.78 is 10.6. The summed E-state index contributed by atoms with van der Waals surface area (Å²) in [6.45, 7) is 4.06. The standard InChI is InChI=1S/C9H21N2O2PS2/c1-4-6-7-12-14(11,15)13-9(10)16-8(3)5-2/h8,10H,4-7H2,1-3H3,(H2,11,15)/p+1. The van der Waals surface area contributed by atoms with Gasteiger partial charge in [-0.05, 0) is 36.4 Å². The minimum atomic E-state index is -2.69. The molecule has 4 nitrogen and oxygen atoms in total. The lowest BCUT2D eigenvalue weighted by atomic mass is 10.4. The third-order valence-corrected chi connectivity index (χ3v) is 4.59. The van der Waals surface area contributed by atoms with E-state index in [2.05, 4.69) is 20.8 Å². The lowest BCUT2D eigenvalue weighted by molar-refractivity contribution is -0.124. The fraction of sp³-hybridized carbons (Fsp3) is 0.889. The number of rotatable bonds is 7. The smallest absolute Gasteiger partial charge is 0.374 e. The van der Waals surface area contributed by atoms with Gasteiger partial charge in [0.2, 0.25) is 0 Å². The van der Waals surface area contributed by atoms with Crippen molar-refractivity contribution >= 4 is 35.4 Å². The van der Waals surface area contributed by atoms with Gasteiger partial charge in [0.05, 0.1) is 6.61 Å². The number of hydrogen-bond donors (Lipinski definition) is 2. The molecule has 96 valence electrons. The van der Waals surface area contributed by atoms with Crippen molar-refractivity contribution in [3.05, 3.63) is 0 Å². The van der Waals surface area contributed by atoms with Crippen LogP contribution in [0.2, 0.25) is 0 Å². The molecule has 0 bridgehead atoms. The third kappa shape index (κ3) is 8.53. The summed E-state index contributed by atoms with van der Waals surface area (Å²) in [5.41, 5.74) is 5.74. The highest BCUT2D eigenvalue weighted by Gasteiger charge is 2.21. The predicted molar refractivity (Wildman–Crippen MR) is 74.7 cm³/mol. The van der Waals surface area contributed by atoms with Gasteiger partial charge in [-0.2, -0.15) is 0 Å². The van der Waals surface area contributed by atoms with Crippen LogP contribution in [0.15, 0.2) is 0 Å². The van der Waals surface area contributed by atoms with Crippen LogP contribution in [0.5, 0.6) is 0 Å². The van der Waals surface area contributed by atoms with Crippen LogP contribution in [-0.2, 0) is 20.9 Å². The molecule has 0 aromatic rings. The Balaban J connectivity index is 3.95. The Kier molecular flexibility index (Phi) is 8.68. The number of hydrogen-bond acceptors (Lipinski definition) is 4. The molecular weight excluding hydrogens is 263 g/mol. The largest absolute Gasteiger partial charge is 0.403 e. The average Bonchev–Trinajstić information content (AvgIpc) is 2.16. The van der Waals surface area contributed by atoms with Crippen molar-refractivity contribution < 1.29 is 14.5 Å². The normalized spacial score (nSPS) is 16.5. The van der Waals surface area contributed by atoms with Crippen molar-refractivity contribution in [2.75, 3.05) is 6.61 Å². The Hall–Kier alpha value is 0.390. The highest BCUT2D eigenvalue weighted by molar-refractivity contribution is 8.15. The monoisotopic (exact) mass is 285 g/mol. The van der Waals surface area contributed by atoms with Gasteiger partial charge in [-0.1, -0.05) is 27.2 Å². The molecule has 4 N–H and O–H groups in total. The van der Waals surface area contributed by atoms with E-state index >= 15 is 0 Å². The van der Waals surface area contributed by atoms with E-state index in [1.54, 1.807) is 0 Å². The fourth-order valence-electron chi connectivity index (χ4n) is 0.791.